The van der Waals surface area contributed by atoms with Crippen molar-refractivity contribution in [3.8, 4) is 22.8 Å². The number of rotatable bonds is 1. The minimum absolute atomic E-state index is 0.817. The molecule has 0 aliphatic heterocycles. The van der Waals surface area contributed by atoms with E-state index in [1.807, 2.05) is 33.2 Å². The van der Waals surface area contributed by atoms with Crippen molar-refractivity contribution in [1.82, 2.24) is 9.97 Å². The second kappa shape index (κ2) is 9.38. The molecule has 2 aromatic heterocycles. The van der Waals surface area contributed by atoms with Gasteiger partial charge in [-0.3, -0.25) is 0 Å². The summed E-state index contributed by atoms with van der Waals surface area (Å²) < 4.78 is 0. The van der Waals surface area contributed by atoms with E-state index in [4.69, 9.17) is 0 Å². The summed E-state index contributed by atoms with van der Waals surface area (Å²) in [6, 6.07) is 4.22. The molecule has 0 aromatic carbocycles. The van der Waals surface area contributed by atoms with Gasteiger partial charge in [0.05, 0.1) is 0 Å². The Morgan fingerprint density at radius 2 is 1.61 bits per heavy atom. The van der Waals surface area contributed by atoms with Gasteiger partial charge >= 0.3 is 0 Å². The minimum Gasteiger partial charge on any atom is -0.241 e. The van der Waals surface area contributed by atoms with Gasteiger partial charge in [0, 0.05) is 27.7 Å². The standard InChI is InChI=1S/C10H10N2S.C3H4.C2H6/c1-7-3-4-10(13-7)9-5-11-8(2)12-6-9;1-3-2;1-2/h3-6H,1-2H3;1H,2H3;1-2H3. The van der Waals surface area contributed by atoms with Crippen LogP contribution in [0, 0.1) is 26.2 Å². The van der Waals surface area contributed by atoms with Crippen molar-refractivity contribution < 1.29 is 0 Å². The van der Waals surface area contributed by atoms with Crippen molar-refractivity contribution in [2.45, 2.75) is 34.6 Å². The van der Waals surface area contributed by atoms with Crippen LogP contribution >= 0.6 is 11.3 Å². The van der Waals surface area contributed by atoms with Gasteiger partial charge in [0.1, 0.15) is 5.82 Å². The lowest BCUT2D eigenvalue weighted by Crippen LogP contribution is -1.85. The molecule has 0 aliphatic carbocycles. The first kappa shape index (κ1) is 16.3. The summed E-state index contributed by atoms with van der Waals surface area (Å²) in [7, 11) is 0. The zero-order valence-corrected chi connectivity index (χ0v) is 12.5. The van der Waals surface area contributed by atoms with Gasteiger partial charge in [0.15, 0.2) is 0 Å². The highest BCUT2D eigenvalue weighted by atomic mass is 32.1. The third kappa shape index (κ3) is 5.60. The van der Waals surface area contributed by atoms with E-state index in [9.17, 15) is 0 Å². The SMILES string of the molecule is C#CC.CC.Cc1ncc(-c2ccc(C)s2)cn1. The maximum atomic E-state index is 4.60. The van der Waals surface area contributed by atoms with Crippen LogP contribution < -0.4 is 0 Å². The van der Waals surface area contributed by atoms with Crippen LogP contribution in [0.5, 0.6) is 0 Å². The average molecular weight is 260 g/mol. The maximum absolute atomic E-state index is 4.60. The minimum atomic E-state index is 0.817. The Kier molecular flexibility index (Phi) is 8.51. The summed E-state index contributed by atoms with van der Waals surface area (Å²) in [6.45, 7) is 9.65. The third-order valence-corrected chi connectivity index (χ3v) is 2.86. The normalized spacial score (nSPS) is 8.22. The molecule has 0 spiro atoms. The number of aromatic nitrogens is 2. The van der Waals surface area contributed by atoms with Crippen molar-refractivity contribution in [3.05, 3.63) is 35.2 Å². The number of aryl methyl sites for hydroxylation is 2. The zero-order valence-electron chi connectivity index (χ0n) is 11.7. The van der Waals surface area contributed by atoms with Gasteiger partial charge < -0.3 is 0 Å². The lowest BCUT2D eigenvalue weighted by Gasteiger charge is -1.95. The van der Waals surface area contributed by atoms with Crippen molar-refractivity contribution in [2.24, 2.45) is 0 Å². The van der Waals surface area contributed by atoms with E-state index in [1.165, 1.54) is 9.75 Å². The highest BCUT2D eigenvalue weighted by Gasteiger charge is 2.00. The van der Waals surface area contributed by atoms with Gasteiger partial charge in [-0.25, -0.2) is 9.97 Å². The molecule has 96 valence electrons. The van der Waals surface area contributed by atoms with Crippen molar-refractivity contribution in [2.75, 3.05) is 0 Å². The number of hydrogen-bond acceptors (Lipinski definition) is 3. The topological polar surface area (TPSA) is 25.8 Å². The molecule has 2 aromatic rings. The molecule has 18 heavy (non-hydrogen) atoms. The largest absolute Gasteiger partial charge is 0.241 e. The fraction of sp³-hybridized carbons (Fsp3) is 0.333. The second-order valence-corrected chi connectivity index (χ2v) is 4.51. The summed E-state index contributed by atoms with van der Waals surface area (Å²) >= 11 is 1.77. The first-order valence-corrected chi connectivity index (χ1v) is 6.72. The van der Waals surface area contributed by atoms with Gasteiger partial charge in [0.25, 0.3) is 0 Å². The molecule has 2 nitrogen and oxygen atoms in total. The van der Waals surface area contributed by atoms with E-state index in [0.717, 1.165) is 11.4 Å². The summed E-state index contributed by atoms with van der Waals surface area (Å²) in [5.41, 5.74) is 1.10. The molecule has 0 fully saturated rings. The molecule has 0 radical (unpaired) electrons. The Hall–Kier alpha value is -1.66. The fourth-order valence-corrected chi connectivity index (χ4v) is 1.95. The Bertz CT molecular complexity index is 478. The second-order valence-electron chi connectivity index (χ2n) is 3.22. The number of thiophene rings is 1. The molecule has 0 unspecified atom stereocenters. The Balaban J connectivity index is 0.000000509. The van der Waals surface area contributed by atoms with Gasteiger partial charge in [-0.1, -0.05) is 13.8 Å². The van der Waals surface area contributed by atoms with Crippen LogP contribution in [0.2, 0.25) is 0 Å². The number of hydrogen-bond donors (Lipinski definition) is 0. The number of nitrogens with zero attached hydrogens (tertiary/aromatic N) is 2. The van der Waals surface area contributed by atoms with Crippen LogP contribution in [0.1, 0.15) is 31.5 Å². The van der Waals surface area contributed by atoms with Crippen molar-refractivity contribution >= 4 is 11.3 Å². The third-order valence-electron chi connectivity index (χ3n) is 1.81. The molecule has 2 rings (SSSR count). The Labute approximate surface area is 114 Å². The van der Waals surface area contributed by atoms with Crippen LogP contribution in [0.4, 0.5) is 0 Å². The molecule has 0 aliphatic rings. The molecular weight excluding hydrogens is 240 g/mol. The summed E-state index contributed by atoms with van der Waals surface area (Å²) in [5.74, 6) is 3.07. The average Bonchev–Trinajstić information content (AvgIpc) is 2.80. The Morgan fingerprint density at radius 3 is 2.00 bits per heavy atom. The first-order chi connectivity index (χ1) is 8.67. The van der Waals surface area contributed by atoms with E-state index < -0.39 is 0 Å². The van der Waals surface area contributed by atoms with Gasteiger partial charge in [-0.15, -0.1) is 23.7 Å². The quantitative estimate of drug-likeness (QED) is 0.706. The highest BCUT2D eigenvalue weighted by Crippen LogP contribution is 2.26. The predicted molar refractivity (Wildman–Crippen MR) is 80.7 cm³/mol. The van der Waals surface area contributed by atoms with Gasteiger partial charge in [-0.05, 0) is 32.9 Å². The van der Waals surface area contributed by atoms with Crippen LogP contribution in [-0.4, -0.2) is 9.97 Å². The molecular formula is C15H20N2S. The molecule has 2 heterocycles. The molecule has 0 atom stereocenters. The number of terminal acetylenes is 1. The molecule has 0 saturated heterocycles. The summed E-state index contributed by atoms with van der Waals surface area (Å²) in [5, 5.41) is 0. The molecule has 0 amide bonds. The van der Waals surface area contributed by atoms with Gasteiger partial charge in [-0.2, -0.15) is 0 Å². The highest BCUT2D eigenvalue weighted by molar-refractivity contribution is 7.15. The lowest BCUT2D eigenvalue weighted by atomic mass is 10.3. The molecule has 0 N–H and O–H groups in total. The monoisotopic (exact) mass is 260 g/mol. The molecule has 0 bridgehead atoms. The summed E-state index contributed by atoms with van der Waals surface area (Å²) in [4.78, 5) is 10.9. The molecule has 0 saturated carbocycles. The van der Waals surface area contributed by atoms with Crippen LogP contribution in [0.25, 0.3) is 10.4 Å². The van der Waals surface area contributed by atoms with Crippen molar-refractivity contribution in [3.63, 3.8) is 0 Å². The maximum Gasteiger partial charge on any atom is 0.125 e. The first-order valence-electron chi connectivity index (χ1n) is 5.90. The van der Waals surface area contributed by atoms with E-state index >= 15 is 0 Å². The summed E-state index contributed by atoms with van der Waals surface area (Å²) in [6.07, 6.45) is 8.33. The van der Waals surface area contributed by atoms with Gasteiger partial charge in [0.2, 0.25) is 0 Å². The fourth-order valence-electron chi connectivity index (χ4n) is 1.11. The zero-order chi connectivity index (χ0) is 14.0. The van der Waals surface area contributed by atoms with E-state index in [2.05, 4.69) is 41.4 Å². The lowest BCUT2D eigenvalue weighted by molar-refractivity contribution is 1.06. The van der Waals surface area contributed by atoms with Crippen LogP contribution in [0.15, 0.2) is 24.5 Å². The van der Waals surface area contributed by atoms with E-state index in [1.54, 1.807) is 18.3 Å². The van der Waals surface area contributed by atoms with Crippen LogP contribution in [0.3, 0.4) is 0 Å². The molecule has 3 heteroatoms. The Morgan fingerprint density at radius 1 is 1.11 bits per heavy atom. The smallest absolute Gasteiger partial charge is 0.125 e. The van der Waals surface area contributed by atoms with E-state index in [0.29, 0.717) is 0 Å². The van der Waals surface area contributed by atoms with Crippen LogP contribution in [-0.2, 0) is 0 Å². The predicted octanol–water partition coefficient (Wildman–Crippen LogP) is 4.49. The van der Waals surface area contributed by atoms with Crippen molar-refractivity contribution in [1.29, 1.82) is 0 Å². The van der Waals surface area contributed by atoms with E-state index in [-0.39, 0.29) is 0 Å².